The van der Waals surface area contributed by atoms with E-state index in [9.17, 15) is 19.2 Å². The lowest BCUT2D eigenvalue weighted by Gasteiger charge is -2.16. The molecule has 4 aromatic rings. The first kappa shape index (κ1) is 33.7. The van der Waals surface area contributed by atoms with Crippen LogP contribution in [0.4, 0.5) is 10.7 Å². The minimum Gasteiger partial charge on any atom is -0.465 e. The lowest BCUT2D eigenvalue weighted by Crippen LogP contribution is -2.30. The Bertz CT molecular complexity index is 1770. The molecule has 10 heteroatoms. The highest BCUT2D eigenvalue weighted by Gasteiger charge is 2.28. The molecule has 0 saturated heterocycles. The third kappa shape index (κ3) is 8.78. The zero-order valence-corrected chi connectivity index (χ0v) is 28.0. The van der Waals surface area contributed by atoms with Gasteiger partial charge in [0.15, 0.2) is 0 Å². The number of rotatable bonds is 11. The van der Waals surface area contributed by atoms with Gasteiger partial charge < -0.3 is 20.7 Å². The molecule has 1 aromatic heterocycles. The van der Waals surface area contributed by atoms with E-state index in [0.29, 0.717) is 28.2 Å². The number of carbonyl (C=O) groups is 4. The second-order valence-corrected chi connectivity index (χ2v) is 13.4. The summed E-state index contributed by atoms with van der Waals surface area (Å²) in [4.78, 5) is 54.7. The number of esters is 1. The highest BCUT2D eigenvalue weighted by atomic mass is 32.2. The van der Waals surface area contributed by atoms with Crippen LogP contribution < -0.4 is 16.0 Å². The molecule has 0 bridgehead atoms. The minimum absolute atomic E-state index is 0.0877. The second-order valence-electron chi connectivity index (χ2n) is 11.0. The van der Waals surface area contributed by atoms with Crippen molar-refractivity contribution in [1.82, 2.24) is 5.32 Å². The van der Waals surface area contributed by atoms with Crippen LogP contribution >= 0.6 is 23.1 Å². The smallest absolute Gasteiger partial charge is 0.341 e. The molecule has 1 atom stereocenters. The summed E-state index contributed by atoms with van der Waals surface area (Å²) in [6.07, 6.45) is 7.04. The Kier molecular flexibility index (Phi) is 11.6. The summed E-state index contributed by atoms with van der Waals surface area (Å²) in [6.45, 7) is 1.93. The number of thioether (sulfide) groups is 1. The van der Waals surface area contributed by atoms with Crippen molar-refractivity contribution >= 4 is 63.6 Å². The van der Waals surface area contributed by atoms with Gasteiger partial charge in [0.25, 0.3) is 11.8 Å². The van der Waals surface area contributed by atoms with Crippen LogP contribution in [0, 0.1) is 0 Å². The number of nitrogens with one attached hydrogen (secondary N) is 3. The zero-order chi connectivity index (χ0) is 33.2. The summed E-state index contributed by atoms with van der Waals surface area (Å²) < 4.78 is 5.09. The van der Waals surface area contributed by atoms with Gasteiger partial charge in [0.1, 0.15) is 10.7 Å². The minimum atomic E-state index is -0.488. The maximum atomic E-state index is 13.5. The van der Waals surface area contributed by atoms with Crippen LogP contribution in [0.25, 0.3) is 6.08 Å². The molecule has 0 radical (unpaired) electrons. The lowest BCUT2D eigenvalue weighted by molar-refractivity contribution is -0.116. The molecular formula is C37H37N3O5S2. The molecule has 0 aliphatic heterocycles. The van der Waals surface area contributed by atoms with Gasteiger partial charge in [0.2, 0.25) is 5.91 Å². The molecule has 3 N–H and O–H groups in total. The van der Waals surface area contributed by atoms with Gasteiger partial charge in [-0.25, -0.2) is 4.79 Å². The Balaban J connectivity index is 1.30. The fourth-order valence-corrected chi connectivity index (χ4v) is 7.63. The number of carbonyl (C=O) groups excluding carboxylic acids is 4. The van der Waals surface area contributed by atoms with Crippen molar-refractivity contribution in [3.8, 4) is 0 Å². The zero-order valence-electron chi connectivity index (χ0n) is 26.3. The highest BCUT2D eigenvalue weighted by Crippen LogP contribution is 2.39. The molecule has 3 aromatic carbocycles. The van der Waals surface area contributed by atoms with E-state index in [2.05, 4.69) is 16.0 Å². The number of fused-ring (bicyclic) bond motifs is 1. The number of hydrogen-bond donors (Lipinski definition) is 3. The highest BCUT2D eigenvalue weighted by molar-refractivity contribution is 8.00. The summed E-state index contributed by atoms with van der Waals surface area (Å²) in [5, 5.41) is 8.77. The molecule has 1 aliphatic carbocycles. The number of methoxy groups -OCH3 is 1. The van der Waals surface area contributed by atoms with Crippen LogP contribution in [-0.4, -0.2) is 36.1 Å². The maximum Gasteiger partial charge on any atom is 0.341 e. The van der Waals surface area contributed by atoms with E-state index in [1.807, 2.05) is 49.4 Å². The van der Waals surface area contributed by atoms with Crippen molar-refractivity contribution < 1.29 is 23.9 Å². The standard InChI is InChI=1S/C37H37N3O5S2/c1-3-30(35(43)40-36-32(37(44)45-2)28-20-11-6-12-21-31(28)47-36)46-27-19-13-18-26(23-27)38-34(42)29(22-24-14-7-4-8-15-24)39-33(41)25-16-9-5-10-17-25/h4-5,7-10,13-19,22-23,30H,3,6,11-12,20-21H2,1-2H3,(H,38,42)(H,39,41)(H,40,43)/b29-22-. The molecule has 0 saturated carbocycles. The van der Waals surface area contributed by atoms with Gasteiger partial charge in [0.05, 0.1) is 17.9 Å². The number of anilines is 2. The number of ether oxygens (including phenoxy) is 1. The number of amides is 3. The third-order valence-electron chi connectivity index (χ3n) is 7.72. The maximum absolute atomic E-state index is 13.5. The molecule has 1 aliphatic rings. The van der Waals surface area contributed by atoms with E-state index >= 15 is 0 Å². The van der Waals surface area contributed by atoms with Crippen LogP contribution in [0.1, 0.15) is 69.3 Å². The van der Waals surface area contributed by atoms with Crippen molar-refractivity contribution in [2.75, 3.05) is 17.7 Å². The quantitative estimate of drug-likeness (QED) is 0.0653. The molecule has 242 valence electrons. The van der Waals surface area contributed by atoms with E-state index in [0.717, 1.165) is 53.0 Å². The summed E-state index contributed by atoms with van der Waals surface area (Å²) in [5.74, 6) is -1.52. The van der Waals surface area contributed by atoms with Gasteiger partial charge in [-0.3, -0.25) is 14.4 Å². The number of thiophene rings is 1. The first-order valence-electron chi connectivity index (χ1n) is 15.6. The third-order valence-corrected chi connectivity index (χ3v) is 10.3. The molecule has 8 nitrogen and oxygen atoms in total. The van der Waals surface area contributed by atoms with Crippen molar-refractivity contribution in [2.45, 2.75) is 55.6 Å². The topological polar surface area (TPSA) is 114 Å². The van der Waals surface area contributed by atoms with Crippen LogP contribution in [0.15, 0.2) is 95.5 Å². The molecule has 1 heterocycles. The summed E-state index contributed by atoms with van der Waals surface area (Å²) in [6, 6.07) is 25.2. The Morgan fingerprint density at radius 3 is 2.34 bits per heavy atom. The Hall–Kier alpha value is -4.67. The van der Waals surface area contributed by atoms with E-state index in [-0.39, 0.29) is 11.6 Å². The average Bonchev–Trinajstić information content (AvgIpc) is 3.26. The molecule has 3 amide bonds. The summed E-state index contributed by atoms with van der Waals surface area (Å²) in [5.41, 5.74) is 3.26. The first-order valence-corrected chi connectivity index (χ1v) is 17.3. The van der Waals surface area contributed by atoms with Crippen molar-refractivity contribution in [3.05, 3.63) is 118 Å². The Morgan fingerprint density at radius 2 is 1.62 bits per heavy atom. The van der Waals surface area contributed by atoms with Crippen molar-refractivity contribution in [1.29, 1.82) is 0 Å². The fourth-order valence-electron chi connectivity index (χ4n) is 5.33. The number of benzene rings is 3. The second kappa shape index (κ2) is 16.2. The van der Waals surface area contributed by atoms with Gasteiger partial charge >= 0.3 is 5.97 Å². The molecular weight excluding hydrogens is 631 g/mol. The molecule has 5 rings (SSSR count). The van der Waals surface area contributed by atoms with Crippen molar-refractivity contribution in [2.24, 2.45) is 0 Å². The van der Waals surface area contributed by atoms with E-state index in [1.54, 1.807) is 48.5 Å². The Morgan fingerprint density at radius 1 is 0.894 bits per heavy atom. The van der Waals surface area contributed by atoms with E-state index in [1.165, 1.54) is 30.2 Å². The predicted molar refractivity (Wildman–Crippen MR) is 189 cm³/mol. The van der Waals surface area contributed by atoms with Crippen LogP contribution in [-0.2, 0) is 27.2 Å². The van der Waals surface area contributed by atoms with Gasteiger partial charge in [-0.15, -0.1) is 23.1 Å². The van der Waals surface area contributed by atoms with Gasteiger partial charge in [0, 0.05) is 21.0 Å². The molecule has 0 fully saturated rings. The van der Waals surface area contributed by atoms with Crippen molar-refractivity contribution in [3.63, 3.8) is 0 Å². The van der Waals surface area contributed by atoms with E-state index in [4.69, 9.17) is 4.74 Å². The SMILES string of the molecule is CCC(Sc1cccc(NC(=O)/C(=C/c2ccccc2)NC(=O)c2ccccc2)c1)C(=O)Nc1sc2c(c1C(=O)OC)CCCCC2. The number of aryl methyl sites for hydroxylation is 1. The molecule has 0 spiro atoms. The Labute approximate surface area is 283 Å². The molecule has 47 heavy (non-hydrogen) atoms. The summed E-state index contributed by atoms with van der Waals surface area (Å²) >= 11 is 2.85. The van der Waals surface area contributed by atoms with Gasteiger partial charge in [-0.2, -0.15) is 0 Å². The van der Waals surface area contributed by atoms with Crippen LogP contribution in [0.2, 0.25) is 0 Å². The van der Waals surface area contributed by atoms with Gasteiger partial charge in [-0.1, -0.05) is 67.9 Å². The summed E-state index contributed by atoms with van der Waals surface area (Å²) in [7, 11) is 1.36. The monoisotopic (exact) mass is 667 g/mol. The largest absolute Gasteiger partial charge is 0.465 e. The normalized spacial score (nSPS) is 13.4. The molecule has 1 unspecified atom stereocenters. The van der Waals surface area contributed by atoms with Crippen LogP contribution in [0.3, 0.4) is 0 Å². The first-order chi connectivity index (χ1) is 22.9. The average molecular weight is 668 g/mol. The fraction of sp³-hybridized carbons (Fsp3) is 0.243. The lowest BCUT2D eigenvalue weighted by atomic mass is 10.1. The van der Waals surface area contributed by atoms with Crippen LogP contribution in [0.5, 0.6) is 0 Å². The van der Waals surface area contributed by atoms with Gasteiger partial charge in [-0.05, 0) is 79.6 Å². The van der Waals surface area contributed by atoms with E-state index < -0.39 is 23.0 Å². The number of hydrogen-bond acceptors (Lipinski definition) is 7. The predicted octanol–water partition coefficient (Wildman–Crippen LogP) is 7.72.